The van der Waals surface area contributed by atoms with Crippen LogP contribution in [0.4, 0.5) is 0 Å². The molecule has 0 spiro atoms. The molecular weight excluding hydrogens is 190 g/mol. The molecule has 0 aromatic heterocycles. The molecule has 3 heteroatoms. The number of rotatable bonds is 1. The van der Waals surface area contributed by atoms with Crippen molar-refractivity contribution in [3.05, 3.63) is 0 Å². The molecule has 3 nitrogen and oxygen atoms in total. The van der Waals surface area contributed by atoms with Crippen molar-refractivity contribution in [2.75, 3.05) is 7.11 Å². The number of fused-ring (bicyclic) bond motifs is 2. The van der Waals surface area contributed by atoms with Crippen LogP contribution >= 0.6 is 0 Å². The van der Waals surface area contributed by atoms with E-state index in [9.17, 15) is 0 Å². The fourth-order valence-electron chi connectivity index (χ4n) is 3.92. The fourth-order valence-corrected chi connectivity index (χ4v) is 3.92. The predicted octanol–water partition coefficient (Wildman–Crippen LogP) is 2.88. The van der Waals surface area contributed by atoms with Crippen LogP contribution < -0.4 is 0 Å². The largest absolute Gasteiger partial charge is 0.482 e. The lowest BCUT2D eigenvalue weighted by Gasteiger charge is -2.46. The van der Waals surface area contributed by atoms with E-state index in [-0.39, 0.29) is 10.8 Å². The van der Waals surface area contributed by atoms with Gasteiger partial charge in [0.1, 0.15) is 0 Å². The van der Waals surface area contributed by atoms with Gasteiger partial charge in [0.05, 0.1) is 12.5 Å². The van der Waals surface area contributed by atoms with E-state index in [1.165, 1.54) is 19.3 Å². The zero-order chi connectivity index (χ0) is 11.3. The van der Waals surface area contributed by atoms with Gasteiger partial charge in [0.15, 0.2) is 0 Å². The first-order valence-electron chi connectivity index (χ1n) is 5.75. The monoisotopic (exact) mass is 211 g/mol. The lowest BCUT2D eigenvalue weighted by molar-refractivity contribution is 0.0581. The van der Waals surface area contributed by atoms with Crippen molar-refractivity contribution in [1.82, 2.24) is 0 Å². The third kappa shape index (κ3) is 1.09. The average Bonchev–Trinajstić information content (AvgIpc) is 2.72. The van der Waals surface area contributed by atoms with Gasteiger partial charge < -0.3 is 9.94 Å². The SMILES string of the molecule is CO/C(=N/O)C1(C)C2CCC(C2)C1(C)C. The quantitative estimate of drug-likeness (QED) is 0.313. The van der Waals surface area contributed by atoms with Gasteiger partial charge in [-0.2, -0.15) is 0 Å². The summed E-state index contributed by atoms with van der Waals surface area (Å²) < 4.78 is 5.27. The van der Waals surface area contributed by atoms with Crippen molar-refractivity contribution < 1.29 is 9.94 Å². The summed E-state index contributed by atoms with van der Waals surface area (Å²) in [6.45, 7) is 6.75. The first-order chi connectivity index (χ1) is 6.98. The first kappa shape index (κ1) is 10.8. The van der Waals surface area contributed by atoms with Gasteiger partial charge in [-0.1, -0.05) is 19.0 Å². The molecule has 15 heavy (non-hydrogen) atoms. The minimum atomic E-state index is -0.0978. The molecular formula is C12H21NO2. The van der Waals surface area contributed by atoms with Gasteiger partial charge in [0, 0.05) is 0 Å². The average molecular weight is 211 g/mol. The smallest absolute Gasteiger partial charge is 0.232 e. The van der Waals surface area contributed by atoms with Crippen LogP contribution in [-0.4, -0.2) is 18.2 Å². The molecule has 2 fully saturated rings. The Hall–Kier alpha value is -0.730. The van der Waals surface area contributed by atoms with Crippen molar-refractivity contribution in [1.29, 1.82) is 0 Å². The Kier molecular flexibility index (Phi) is 2.25. The Balaban J connectivity index is 2.42. The highest BCUT2D eigenvalue weighted by Gasteiger charge is 2.63. The number of methoxy groups -OCH3 is 1. The van der Waals surface area contributed by atoms with Gasteiger partial charge in [0.25, 0.3) is 0 Å². The lowest BCUT2D eigenvalue weighted by atomic mass is 9.58. The second-order valence-corrected chi connectivity index (χ2v) is 5.74. The van der Waals surface area contributed by atoms with Gasteiger partial charge in [-0.15, -0.1) is 0 Å². The van der Waals surface area contributed by atoms with Crippen LogP contribution in [0.15, 0.2) is 5.16 Å². The molecule has 0 heterocycles. The molecule has 0 aliphatic heterocycles. The van der Waals surface area contributed by atoms with E-state index in [0.29, 0.717) is 11.8 Å². The van der Waals surface area contributed by atoms with Crippen LogP contribution in [0, 0.1) is 22.7 Å². The van der Waals surface area contributed by atoms with Crippen LogP contribution in [-0.2, 0) is 4.74 Å². The van der Waals surface area contributed by atoms with E-state index in [4.69, 9.17) is 9.94 Å². The maximum atomic E-state index is 9.07. The third-order valence-corrected chi connectivity index (χ3v) is 5.34. The number of oxime groups is 1. The van der Waals surface area contributed by atoms with Crippen molar-refractivity contribution in [2.24, 2.45) is 27.8 Å². The topological polar surface area (TPSA) is 41.8 Å². The van der Waals surface area contributed by atoms with E-state index >= 15 is 0 Å². The molecule has 3 unspecified atom stereocenters. The van der Waals surface area contributed by atoms with E-state index in [1.54, 1.807) is 7.11 Å². The molecule has 2 rings (SSSR count). The van der Waals surface area contributed by atoms with Gasteiger partial charge in [-0.25, -0.2) is 0 Å². The summed E-state index contributed by atoms with van der Waals surface area (Å²) in [6.07, 6.45) is 3.81. The highest BCUT2D eigenvalue weighted by Crippen LogP contribution is 2.66. The molecule has 0 saturated heterocycles. The molecule has 0 amide bonds. The fraction of sp³-hybridized carbons (Fsp3) is 0.917. The summed E-state index contributed by atoms with van der Waals surface area (Å²) in [5.41, 5.74) is 0.0763. The van der Waals surface area contributed by atoms with Gasteiger partial charge in [-0.05, 0) is 43.4 Å². The summed E-state index contributed by atoms with van der Waals surface area (Å²) in [7, 11) is 1.60. The van der Waals surface area contributed by atoms with Crippen molar-refractivity contribution in [3.8, 4) is 0 Å². The maximum Gasteiger partial charge on any atom is 0.232 e. The number of hydrogen-bond acceptors (Lipinski definition) is 3. The van der Waals surface area contributed by atoms with E-state index in [2.05, 4.69) is 25.9 Å². The molecule has 2 aliphatic carbocycles. The van der Waals surface area contributed by atoms with E-state index in [0.717, 1.165) is 5.92 Å². The summed E-state index contributed by atoms with van der Waals surface area (Å²) in [6, 6.07) is 0. The molecule has 2 bridgehead atoms. The Bertz CT molecular complexity index is 298. The van der Waals surface area contributed by atoms with Crippen molar-refractivity contribution in [3.63, 3.8) is 0 Å². The Morgan fingerprint density at radius 1 is 1.27 bits per heavy atom. The third-order valence-electron chi connectivity index (χ3n) is 5.34. The second-order valence-electron chi connectivity index (χ2n) is 5.74. The molecule has 1 N–H and O–H groups in total. The molecule has 2 saturated carbocycles. The predicted molar refractivity (Wildman–Crippen MR) is 58.9 cm³/mol. The number of hydrogen-bond donors (Lipinski definition) is 1. The minimum absolute atomic E-state index is 0.0978. The van der Waals surface area contributed by atoms with Crippen LogP contribution in [0.5, 0.6) is 0 Å². The Morgan fingerprint density at radius 2 is 1.87 bits per heavy atom. The summed E-state index contributed by atoms with van der Waals surface area (Å²) in [5, 5.41) is 12.4. The van der Waals surface area contributed by atoms with Crippen LogP contribution in [0.2, 0.25) is 0 Å². The van der Waals surface area contributed by atoms with Crippen LogP contribution in [0.1, 0.15) is 40.0 Å². The standard InChI is InChI=1S/C12H21NO2/c1-11(2)8-5-6-9(7-8)12(11,3)10(13-14)15-4/h8-9,14H,5-7H2,1-4H3/b13-10+. The Morgan fingerprint density at radius 3 is 2.27 bits per heavy atom. The molecule has 0 radical (unpaired) electrons. The molecule has 86 valence electrons. The highest BCUT2D eigenvalue weighted by atomic mass is 16.5. The lowest BCUT2D eigenvalue weighted by Crippen LogP contribution is -2.47. The van der Waals surface area contributed by atoms with Gasteiger partial charge in [0.2, 0.25) is 5.90 Å². The molecule has 0 aromatic carbocycles. The molecule has 0 aromatic rings. The Labute approximate surface area is 91.5 Å². The zero-order valence-electron chi connectivity index (χ0n) is 10.1. The summed E-state index contributed by atoms with van der Waals surface area (Å²) in [5.74, 6) is 1.88. The number of nitrogens with zero attached hydrogens (tertiary/aromatic N) is 1. The van der Waals surface area contributed by atoms with Crippen LogP contribution in [0.3, 0.4) is 0 Å². The van der Waals surface area contributed by atoms with E-state index in [1.807, 2.05) is 0 Å². The summed E-state index contributed by atoms with van der Waals surface area (Å²) in [4.78, 5) is 0. The second kappa shape index (κ2) is 3.13. The van der Waals surface area contributed by atoms with Crippen molar-refractivity contribution >= 4 is 5.90 Å². The molecule has 3 atom stereocenters. The van der Waals surface area contributed by atoms with Gasteiger partial charge in [-0.3, -0.25) is 0 Å². The molecule has 2 aliphatic rings. The number of ether oxygens (including phenoxy) is 1. The zero-order valence-corrected chi connectivity index (χ0v) is 10.1. The highest BCUT2D eigenvalue weighted by molar-refractivity contribution is 5.83. The normalized spacial score (nSPS) is 43.3. The van der Waals surface area contributed by atoms with Gasteiger partial charge >= 0.3 is 0 Å². The minimum Gasteiger partial charge on any atom is -0.482 e. The maximum absolute atomic E-state index is 9.07. The van der Waals surface area contributed by atoms with Crippen molar-refractivity contribution in [2.45, 2.75) is 40.0 Å². The summed E-state index contributed by atoms with van der Waals surface area (Å²) >= 11 is 0. The van der Waals surface area contributed by atoms with E-state index < -0.39 is 0 Å². The van der Waals surface area contributed by atoms with Crippen LogP contribution in [0.25, 0.3) is 0 Å². The first-order valence-corrected chi connectivity index (χ1v) is 5.75.